The molecule has 0 saturated heterocycles. The molecule has 3 heteroatoms. The van der Waals surface area contributed by atoms with E-state index in [9.17, 15) is 0 Å². The second kappa shape index (κ2) is 3.18. The molecule has 0 radical (unpaired) electrons. The van der Waals surface area contributed by atoms with Gasteiger partial charge >= 0.3 is 0 Å². The molecule has 3 nitrogen and oxygen atoms in total. The van der Waals surface area contributed by atoms with E-state index >= 15 is 0 Å². The second-order valence-electron chi connectivity index (χ2n) is 3.46. The molecule has 3 N–H and O–H groups in total. The van der Waals surface area contributed by atoms with Gasteiger partial charge in [-0.15, -0.1) is 0 Å². The van der Waals surface area contributed by atoms with Gasteiger partial charge < -0.3 is 10.3 Å². The highest BCUT2D eigenvalue weighted by Crippen LogP contribution is 2.18. The molecule has 1 aromatic heterocycles. The third-order valence-electron chi connectivity index (χ3n) is 2.42. The van der Waals surface area contributed by atoms with Gasteiger partial charge in [0.25, 0.3) is 0 Å². The standard InChI is InChI=1S/C11H13N3/c1-14-9(7-11(12)13)6-8-4-2-3-5-10(8)14/h2-6H,7H2,1H3,(H3,12,13). The first-order valence-corrected chi connectivity index (χ1v) is 4.54. The van der Waals surface area contributed by atoms with Crippen LogP contribution in [-0.2, 0) is 13.5 Å². The van der Waals surface area contributed by atoms with Gasteiger partial charge in [0.05, 0.1) is 5.84 Å². The van der Waals surface area contributed by atoms with Gasteiger partial charge in [-0.25, -0.2) is 0 Å². The summed E-state index contributed by atoms with van der Waals surface area (Å²) in [7, 11) is 2.00. The average molecular weight is 187 g/mol. The number of fused-ring (bicyclic) bond motifs is 1. The Morgan fingerprint density at radius 2 is 2.14 bits per heavy atom. The normalized spacial score (nSPS) is 10.6. The Hall–Kier alpha value is -1.77. The van der Waals surface area contributed by atoms with Crippen molar-refractivity contribution in [1.29, 1.82) is 5.41 Å². The molecule has 0 aliphatic rings. The number of aryl methyl sites for hydroxylation is 1. The number of para-hydroxylation sites is 1. The van der Waals surface area contributed by atoms with E-state index in [1.54, 1.807) is 0 Å². The summed E-state index contributed by atoms with van der Waals surface area (Å²) in [5, 5.41) is 8.47. The maximum atomic E-state index is 7.27. The third-order valence-corrected chi connectivity index (χ3v) is 2.42. The number of benzene rings is 1. The van der Waals surface area contributed by atoms with Crippen LogP contribution < -0.4 is 5.73 Å². The molecule has 0 bridgehead atoms. The first-order valence-electron chi connectivity index (χ1n) is 4.54. The van der Waals surface area contributed by atoms with Crippen LogP contribution in [0.15, 0.2) is 30.3 Å². The smallest absolute Gasteiger partial charge is 0.0965 e. The van der Waals surface area contributed by atoms with Crippen molar-refractivity contribution in [2.75, 3.05) is 0 Å². The molecule has 0 fully saturated rings. The van der Waals surface area contributed by atoms with Gasteiger partial charge in [0.1, 0.15) is 0 Å². The van der Waals surface area contributed by atoms with Crippen molar-refractivity contribution in [1.82, 2.24) is 4.57 Å². The summed E-state index contributed by atoms with van der Waals surface area (Å²) in [6, 6.07) is 10.2. The topological polar surface area (TPSA) is 54.8 Å². The van der Waals surface area contributed by atoms with Crippen molar-refractivity contribution < 1.29 is 0 Å². The first-order chi connectivity index (χ1) is 6.68. The van der Waals surface area contributed by atoms with E-state index in [-0.39, 0.29) is 5.84 Å². The highest BCUT2D eigenvalue weighted by Gasteiger charge is 2.05. The highest BCUT2D eigenvalue weighted by atomic mass is 14.9. The van der Waals surface area contributed by atoms with E-state index in [0.29, 0.717) is 6.42 Å². The molecular formula is C11H13N3. The lowest BCUT2D eigenvalue weighted by Gasteiger charge is -2.02. The van der Waals surface area contributed by atoms with Gasteiger partial charge in [0.2, 0.25) is 0 Å². The fourth-order valence-corrected chi connectivity index (χ4v) is 1.71. The molecule has 72 valence electrons. The Balaban J connectivity index is 2.57. The Morgan fingerprint density at radius 1 is 1.43 bits per heavy atom. The minimum absolute atomic E-state index is 0.205. The monoisotopic (exact) mass is 187 g/mol. The van der Waals surface area contributed by atoms with E-state index in [2.05, 4.69) is 22.8 Å². The minimum atomic E-state index is 0.205. The van der Waals surface area contributed by atoms with Crippen molar-refractivity contribution in [3.63, 3.8) is 0 Å². The number of hydrogen-bond acceptors (Lipinski definition) is 1. The SMILES string of the molecule is Cn1c(CC(=N)N)cc2ccccc21. The molecule has 0 unspecified atom stereocenters. The van der Waals surface area contributed by atoms with Crippen LogP contribution in [0.25, 0.3) is 10.9 Å². The molecule has 2 rings (SSSR count). The average Bonchev–Trinajstić information content (AvgIpc) is 2.44. The molecule has 0 atom stereocenters. The molecule has 0 saturated carbocycles. The Kier molecular flexibility index (Phi) is 2.00. The van der Waals surface area contributed by atoms with Gasteiger partial charge in [0, 0.05) is 24.7 Å². The molecule has 0 aliphatic heterocycles. The van der Waals surface area contributed by atoms with Crippen LogP contribution in [0, 0.1) is 5.41 Å². The first kappa shape index (κ1) is 8.81. The lowest BCUT2D eigenvalue weighted by atomic mass is 10.2. The molecule has 0 amide bonds. The number of rotatable bonds is 2. The molecule has 1 heterocycles. The second-order valence-corrected chi connectivity index (χ2v) is 3.46. The maximum absolute atomic E-state index is 7.27. The number of amidine groups is 1. The summed E-state index contributed by atoms with van der Waals surface area (Å²) >= 11 is 0. The highest BCUT2D eigenvalue weighted by molar-refractivity contribution is 5.85. The molecule has 2 aromatic rings. The van der Waals surface area contributed by atoms with Crippen molar-refractivity contribution >= 4 is 16.7 Å². The summed E-state index contributed by atoms with van der Waals surface area (Å²) in [6.07, 6.45) is 0.519. The zero-order valence-electron chi connectivity index (χ0n) is 8.12. The van der Waals surface area contributed by atoms with Gasteiger partial charge in [-0.2, -0.15) is 0 Å². The van der Waals surface area contributed by atoms with Gasteiger partial charge in [-0.1, -0.05) is 18.2 Å². The quantitative estimate of drug-likeness (QED) is 0.545. The predicted molar refractivity (Wildman–Crippen MR) is 58.5 cm³/mol. The number of nitrogens with two attached hydrogens (primary N) is 1. The third kappa shape index (κ3) is 1.37. The minimum Gasteiger partial charge on any atom is -0.387 e. The molecule has 14 heavy (non-hydrogen) atoms. The zero-order chi connectivity index (χ0) is 10.1. The molecule has 1 aromatic carbocycles. The summed E-state index contributed by atoms with van der Waals surface area (Å²) < 4.78 is 2.08. The van der Waals surface area contributed by atoms with Gasteiger partial charge in [-0.3, -0.25) is 5.41 Å². The van der Waals surface area contributed by atoms with Crippen LogP contribution >= 0.6 is 0 Å². The van der Waals surface area contributed by atoms with Gasteiger partial charge in [0.15, 0.2) is 0 Å². The fourth-order valence-electron chi connectivity index (χ4n) is 1.71. The Labute approximate surface area is 82.7 Å². The lowest BCUT2D eigenvalue weighted by molar-refractivity contribution is 0.895. The summed E-state index contributed by atoms with van der Waals surface area (Å²) in [4.78, 5) is 0. The fraction of sp³-hybridized carbons (Fsp3) is 0.182. The van der Waals surface area contributed by atoms with Crippen molar-refractivity contribution in [3.05, 3.63) is 36.0 Å². The lowest BCUT2D eigenvalue weighted by Crippen LogP contribution is -2.14. The number of nitrogens with one attached hydrogen (secondary N) is 1. The zero-order valence-corrected chi connectivity index (χ0v) is 8.12. The van der Waals surface area contributed by atoms with E-state index in [0.717, 1.165) is 5.69 Å². The van der Waals surface area contributed by atoms with Crippen LogP contribution in [0.3, 0.4) is 0 Å². The maximum Gasteiger partial charge on any atom is 0.0965 e. The van der Waals surface area contributed by atoms with E-state index in [1.807, 2.05) is 19.2 Å². The van der Waals surface area contributed by atoms with Crippen molar-refractivity contribution in [3.8, 4) is 0 Å². The van der Waals surface area contributed by atoms with E-state index < -0.39 is 0 Å². The number of nitrogens with zero attached hydrogens (tertiary/aromatic N) is 1. The Bertz CT molecular complexity index is 482. The largest absolute Gasteiger partial charge is 0.387 e. The van der Waals surface area contributed by atoms with Crippen LogP contribution in [0.4, 0.5) is 0 Å². The summed E-state index contributed by atoms with van der Waals surface area (Å²) in [5.74, 6) is 0.205. The molecule has 0 spiro atoms. The summed E-state index contributed by atoms with van der Waals surface area (Å²) in [5.41, 5.74) is 7.65. The number of hydrogen-bond donors (Lipinski definition) is 2. The van der Waals surface area contributed by atoms with E-state index in [1.165, 1.54) is 10.9 Å². The summed E-state index contributed by atoms with van der Waals surface area (Å²) in [6.45, 7) is 0. The Morgan fingerprint density at radius 3 is 2.79 bits per heavy atom. The molecular weight excluding hydrogens is 174 g/mol. The van der Waals surface area contributed by atoms with Crippen LogP contribution in [0.2, 0.25) is 0 Å². The predicted octanol–water partition coefficient (Wildman–Crippen LogP) is 1.66. The van der Waals surface area contributed by atoms with Gasteiger partial charge in [-0.05, 0) is 17.5 Å². The van der Waals surface area contributed by atoms with Crippen LogP contribution in [-0.4, -0.2) is 10.4 Å². The number of aromatic nitrogens is 1. The van der Waals surface area contributed by atoms with Crippen LogP contribution in [0.1, 0.15) is 5.69 Å². The van der Waals surface area contributed by atoms with E-state index in [4.69, 9.17) is 11.1 Å². The van der Waals surface area contributed by atoms with Crippen molar-refractivity contribution in [2.24, 2.45) is 12.8 Å². The van der Waals surface area contributed by atoms with Crippen molar-refractivity contribution in [2.45, 2.75) is 6.42 Å². The molecule has 0 aliphatic carbocycles. The van der Waals surface area contributed by atoms with Crippen LogP contribution in [0.5, 0.6) is 0 Å².